The molecule has 144 valence electrons. The van der Waals surface area contributed by atoms with E-state index in [1.165, 1.54) is 5.56 Å². The summed E-state index contributed by atoms with van der Waals surface area (Å²) in [7, 11) is 1.71. The molecule has 5 nitrogen and oxygen atoms in total. The monoisotopic (exact) mass is 368 g/mol. The fourth-order valence-corrected chi connectivity index (χ4v) is 3.62. The maximum atomic E-state index is 11.8. The molecule has 5 heteroatoms. The standard InChI is InChI=1S/C22H28N2O3/c1-4-27-21-10-9-17(16(2)25)13-18(21)15-24-12-11-23-14-20(24)19-7-5-6-8-22(19)26-3/h5-10,13,20,23H,4,11-12,14-15H2,1-3H3. The third-order valence-electron chi connectivity index (χ3n) is 4.99. The third-order valence-corrected chi connectivity index (χ3v) is 4.99. The Morgan fingerprint density at radius 3 is 2.78 bits per heavy atom. The second-order valence-electron chi connectivity index (χ2n) is 6.74. The van der Waals surface area contributed by atoms with Gasteiger partial charge in [0.05, 0.1) is 19.8 Å². The summed E-state index contributed by atoms with van der Waals surface area (Å²) >= 11 is 0. The Balaban J connectivity index is 1.92. The zero-order valence-electron chi connectivity index (χ0n) is 16.3. The van der Waals surface area contributed by atoms with Crippen molar-refractivity contribution in [3.8, 4) is 11.5 Å². The molecule has 1 heterocycles. The number of ketones is 1. The summed E-state index contributed by atoms with van der Waals surface area (Å²) in [6.45, 7) is 7.61. The Morgan fingerprint density at radius 2 is 2.04 bits per heavy atom. The molecule has 1 aliphatic rings. The molecule has 1 aliphatic heterocycles. The minimum absolute atomic E-state index is 0.0703. The molecule has 0 aliphatic carbocycles. The normalized spacial score (nSPS) is 17.5. The van der Waals surface area contributed by atoms with Crippen LogP contribution in [0.5, 0.6) is 11.5 Å². The average molecular weight is 368 g/mol. The molecular formula is C22H28N2O3. The van der Waals surface area contributed by atoms with E-state index >= 15 is 0 Å². The van der Waals surface area contributed by atoms with Gasteiger partial charge in [0.1, 0.15) is 11.5 Å². The van der Waals surface area contributed by atoms with Gasteiger partial charge in [-0.05, 0) is 38.1 Å². The van der Waals surface area contributed by atoms with Crippen LogP contribution in [0, 0.1) is 0 Å². The Morgan fingerprint density at radius 1 is 1.22 bits per heavy atom. The minimum Gasteiger partial charge on any atom is -0.496 e. The van der Waals surface area contributed by atoms with E-state index in [-0.39, 0.29) is 11.8 Å². The van der Waals surface area contributed by atoms with Crippen LogP contribution < -0.4 is 14.8 Å². The van der Waals surface area contributed by atoms with Gasteiger partial charge in [-0.3, -0.25) is 9.69 Å². The van der Waals surface area contributed by atoms with Crippen molar-refractivity contribution in [2.45, 2.75) is 26.4 Å². The predicted octanol–water partition coefficient (Wildman–Crippen LogP) is 3.44. The Bertz CT molecular complexity index is 791. The van der Waals surface area contributed by atoms with Gasteiger partial charge in [-0.1, -0.05) is 18.2 Å². The lowest BCUT2D eigenvalue weighted by molar-refractivity contribution is 0.101. The highest BCUT2D eigenvalue weighted by Gasteiger charge is 2.27. The van der Waals surface area contributed by atoms with E-state index in [0.29, 0.717) is 6.61 Å². The summed E-state index contributed by atoms with van der Waals surface area (Å²) in [6.07, 6.45) is 0. The van der Waals surface area contributed by atoms with Crippen molar-refractivity contribution in [3.63, 3.8) is 0 Å². The summed E-state index contributed by atoms with van der Waals surface area (Å²) in [5.74, 6) is 1.82. The SMILES string of the molecule is CCOc1ccc(C(C)=O)cc1CN1CCNCC1c1ccccc1OC. The smallest absolute Gasteiger partial charge is 0.159 e. The van der Waals surface area contributed by atoms with Crippen molar-refractivity contribution in [1.29, 1.82) is 0 Å². The number of benzene rings is 2. The highest BCUT2D eigenvalue weighted by Crippen LogP contribution is 2.32. The third kappa shape index (κ3) is 4.49. The highest BCUT2D eigenvalue weighted by molar-refractivity contribution is 5.94. The molecule has 0 saturated carbocycles. The molecule has 1 N–H and O–H groups in total. The lowest BCUT2D eigenvalue weighted by Gasteiger charge is -2.37. The van der Waals surface area contributed by atoms with E-state index in [9.17, 15) is 4.79 Å². The predicted molar refractivity (Wildman–Crippen MR) is 107 cm³/mol. The van der Waals surface area contributed by atoms with Gasteiger partial charge in [0, 0.05) is 42.9 Å². The number of nitrogens with zero attached hydrogens (tertiary/aromatic N) is 1. The van der Waals surface area contributed by atoms with Crippen molar-refractivity contribution in [3.05, 3.63) is 59.2 Å². The van der Waals surface area contributed by atoms with Crippen LogP contribution in [0.25, 0.3) is 0 Å². The molecule has 0 radical (unpaired) electrons. The van der Waals surface area contributed by atoms with Crippen LogP contribution in [-0.2, 0) is 6.54 Å². The molecule has 27 heavy (non-hydrogen) atoms. The van der Waals surface area contributed by atoms with Gasteiger partial charge >= 0.3 is 0 Å². The first-order valence-corrected chi connectivity index (χ1v) is 9.48. The molecule has 1 atom stereocenters. The molecule has 1 fully saturated rings. The molecule has 1 unspecified atom stereocenters. The van der Waals surface area contributed by atoms with Crippen LogP contribution >= 0.6 is 0 Å². The fourth-order valence-electron chi connectivity index (χ4n) is 3.62. The first kappa shape index (κ1) is 19.4. The quantitative estimate of drug-likeness (QED) is 0.759. The maximum absolute atomic E-state index is 11.8. The van der Waals surface area contributed by atoms with Crippen LogP contribution in [0.15, 0.2) is 42.5 Å². The molecule has 0 aromatic heterocycles. The van der Waals surface area contributed by atoms with Gasteiger partial charge in [-0.25, -0.2) is 0 Å². The lowest BCUT2D eigenvalue weighted by atomic mass is 10.00. The number of rotatable bonds is 7. The van der Waals surface area contributed by atoms with E-state index in [0.717, 1.165) is 48.8 Å². The summed E-state index contributed by atoms with van der Waals surface area (Å²) in [4.78, 5) is 14.3. The van der Waals surface area contributed by atoms with Gasteiger partial charge in [-0.15, -0.1) is 0 Å². The molecule has 2 aromatic carbocycles. The number of hydrogen-bond donors (Lipinski definition) is 1. The number of piperazine rings is 1. The van der Waals surface area contributed by atoms with Gasteiger partial charge in [0.2, 0.25) is 0 Å². The molecule has 3 rings (SSSR count). The van der Waals surface area contributed by atoms with Crippen LogP contribution in [0.1, 0.15) is 41.4 Å². The topological polar surface area (TPSA) is 50.8 Å². The first-order chi connectivity index (χ1) is 13.1. The number of hydrogen-bond acceptors (Lipinski definition) is 5. The van der Waals surface area contributed by atoms with Gasteiger partial charge in [-0.2, -0.15) is 0 Å². The van der Waals surface area contributed by atoms with Gasteiger partial charge < -0.3 is 14.8 Å². The van der Waals surface area contributed by atoms with Crippen LogP contribution in [-0.4, -0.2) is 44.0 Å². The Hall–Kier alpha value is -2.37. The first-order valence-electron chi connectivity index (χ1n) is 9.48. The van der Waals surface area contributed by atoms with Gasteiger partial charge in [0.15, 0.2) is 5.78 Å². The summed E-state index contributed by atoms with van der Waals surface area (Å²) in [5.41, 5.74) is 2.94. The summed E-state index contributed by atoms with van der Waals surface area (Å²) < 4.78 is 11.4. The molecule has 0 amide bonds. The maximum Gasteiger partial charge on any atom is 0.159 e. The number of carbonyl (C=O) groups excluding carboxylic acids is 1. The average Bonchev–Trinajstić information content (AvgIpc) is 2.69. The summed E-state index contributed by atoms with van der Waals surface area (Å²) in [5, 5.41) is 3.49. The number of nitrogens with one attached hydrogen (secondary N) is 1. The molecule has 1 saturated heterocycles. The Labute approximate surface area is 161 Å². The zero-order chi connectivity index (χ0) is 19.2. The molecule has 0 bridgehead atoms. The molecule has 0 spiro atoms. The lowest BCUT2D eigenvalue weighted by Crippen LogP contribution is -2.45. The minimum atomic E-state index is 0.0703. The second-order valence-corrected chi connectivity index (χ2v) is 6.74. The van der Waals surface area contributed by atoms with E-state index in [1.54, 1.807) is 14.0 Å². The van der Waals surface area contributed by atoms with E-state index in [4.69, 9.17) is 9.47 Å². The largest absolute Gasteiger partial charge is 0.496 e. The van der Waals surface area contributed by atoms with Crippen molar-refractivity contribution in [2.24, 2.45) is 0 Å². The number of methoxy groups -OCH3 is 1. The van der Waals surface area contributed by atoms with Crippen molar-refractivity contribution >= 4 is 5.78 Å². The molecule has 2 aromatic rings. The number of carbonyl (C=O) groups is 1. The van der Waals surface area contributed by atoms with E-state index in [2.05, 4.69) is 16.3 Å². The second kappa shape index (κ2) is 9.02. The van der Waals surface area contributed by atoms with E-state index in [1.807, 2.05) is 43.3 Å². The number of para-hydroxylation sites is 1. The van der Waals surface area contributed by atoms with Crippen molar-refractivity contribution < 1.29 is 14.3 Å². The summed E-state index contributed by atoms with van der Waals surface area (Å²) in [6, 6.07) is 14.1. The van der Waals surface area contributed by atoms with Crippen LogP contribution in [0.4, 0.5) is 0 Å². The van der Waals surface area contributed by atoms with Crippen molar-refractivity contribution in [1.82, 2.24) is 10.2 Å². The van der Waals surface area contributed by atoms with E-state index < -0.39 is 0 Å². The van der Waals surface area contributed by atoms with Crippen LogP contribution in [0.3, 0.4) is 0 Å². The molecular weight excluding hydrogens is 340 g/mol. The Kier molecular flexibility index (Phi) is 6.48. The van der Waals surface area contributed by atoms with Crippen molar-refractivity contribution in [2.75, 3.05) is 33.4 Å². The van der Waals surface area contributed by atoms with Gasteiger partial charge in [0.25, 0.3) is 0 Å². The number of ether oxygens (including phenoxy) is 2. The fraction of sp³-hybridized carbons (Fsp3) is 0.409. The number of Topliss-reactive ketones (excluding diaryl/α,β-unsaturated/α-hetero) is 1. The zero-order valence-corrected chi connectivity index (χ0v) is 16.3. The van der Waals surface area contributed by atoms with Crippen LogP contribution in [0.2, 0.25) is 0 Å². The highest BCUT2D eigenvalue weighted by atomic mass is 16.5.